The van der Waals surface area contributed by atoms with E-state index in [-0.39, 0.29) is 0 Å². The molecule has 0 saturated heterocycles. The van der Waals surface area contributed by atoms with Crippen molar-refractivity contribution in [2.45, 2.75) is 45.1 Å². The van der Waals surface area contributed by atoms with Crippen LogP contribution in [0.1, 0.15) is 38.2 Å². The molecule has 2 nitrogen and oxygen atoms in total. The highest BCUT2D eigenvalue weighted by atomic mass is 15.1. The molecule has 112 valence electrons. The molecule has 1 fully saturated rings. The molecule has 2 heteroatoms. The smallest absolute Gasteiger partial charge is 0.0135 e. The summed E-state index contributed by atoms with van der Waals surface area (Å²) in [5, 5.41) is 0. The summed E-state index contributed by atoms with van der Waals surface area (Å²) in [4.78, 5) is 2.57. The zero-order chi connectivity index (χ0) is 14.4. The van der Waals surface area contributed by atoms with Gasteiger partial charge in [-0.2, -0.15) is 0 Å². The molecule has 0 aliphatic heterocycles. The predicted molar refractivity (Wildman–Crippen MR) is 86.7 cm³/mol. The van der Waals surface area contributed by atoms with Gasteiger partial charge in [-0.05, 0) is 63.2 Å². The van der Waals surface area contributed by atoms with Gasteiger partial charge in [0.25, 0.3) is 0 Å². The maximum absolute atomic E-state index is 5.97. The fourth-order valence-electron chi connectivity index (χ4n) is 3.57. The molecule has 1 aliphatic carbocycles. The van der Waals surface area contributed by atoms with E-state index in [9.17, 15) is 0 Å². The first-order valence-electron chi connectivity index (χ1n) is 8.15. The molecule has 3 atom stereocenters. The Bertz CT molecular complexity index is 376. The van der Waals surface area contributed by atoms with Crippen LogP contribution in [0, 0.1) is 11.8 Å². The van der Waals surface area contributed by atoms with Gasteiger partial charge in [-0.1, -0.05) is 43.7 Å². The first-order chi connectivity index (χ1) is 9.70. The molecule has 0 spiro atoms. The number of hydrogen-bond acceptors (Lipinski definition) is 2. The molecule has 1 aromatic rings. The lowest BCUT2D eigenvalue weighted by atomic mass is 9.78. The monoisotopic (exact) mass is 274 g/mol. The minimum absolute atomic E-state index is 0.694. The van der Waals surface area contributed by atoms with Crippen molar-refractivity contribution in [1.82, 2.24) is 4.90 Å². The lowest BCUT2D eigenvalue weighted by molar-refractivity contribution is 0.108. The van der Waals surface area contributed by atoms with Crippen LogP contribution in [0.2, 0.25) is 0 Å². The molecule has 0 heterocycles. The summed E-state index contributed by atoms with van der Waals surface area (Å²) in [5.74, 6) is 1.56. The molecular weight excluding hydrogens is 244 g/mol. The maximum Gasteiger partial charge on any atom is 0.0135 e. The fourth-order valence-corrected chi connectivity index (χ4v) is 3.57. The average Bonchev–Trinajstić information content (AvgIpc) is 2.48. The molecule has 3 unspecified atom stereocenters. The van der Waals surface area contributed by atoms with E-state index in [1.54, 1.807) is 0 Å². The van der Waals surface area contributed by atoms with Crippen molar-refractivity contribution in [1.29, 1.82) is 0 Å². The van der Waals surface area contributed by atoms with Gasteiger partial charge in [-0.15, -0.1) is 0 Å². The molecule has 1 saturated carbocycles. The maximum atomic E-state index is 5.97. The van der Waals surface area contributed by atoms with Crippen molar-refractivity contribution in [2.75, 3.05) is 20.1 Å². The molecule has 1 aromatic carbocycles. The highest BCUT2D eigenvalue weighted by Gasteiger charge is 2.30. The SMILES string of the molecule is CC1CCC(CN)C(N(C)CCCc2ccccc2)C1. The van der Waals surface area contributed by atoms with Crippen molar-refractivity contribution < 1.29 is 0 Å². The Balaban J connectivity index is 1.79. The highest BCUT2D eigenvalue weighted by molar-refractivity contribution is 5.14. The van der Waals surface area contributed by atoms with E-state index in [2.05, 4.69) is 49.2 Å². The Hall–Kier alpha value is -0.860. The van der Waals surface area contributed by atoms with Crippen LogP contribution in [0.3, 0.4) is 0 Å². The van der Waals surface area contributed by atoms with E-state index in [0.29, 0.717) is 12.0 Å². The van der Waals surface area contributed by atoms with Crippen LogP contribution in [0.15, 0.2) is 30.3 Å². The molecule has 0 aromatic heterocycles. The summed E-state index contributed by atoms with van der Waals surface area (Å²) in [5.41, 5.74) is 7.42. The van der Waals surface area contributed by atoms with Gasteiger partial charge in [0.1, 0.15) is 0 Å². The summed E-state index contributed by atoms with van der Waals surface area (Å²) in [6, 6.07) is 11.5. The number of hydrogen-bond donors (Lipinski definition) is 1. The fraction of sp³-hybridized carbons (Fsp3) is 0.667. The first kappa shape index (κ1) is 15.5. The van der Waals surface area contributed by atoms with Crippen LogP contribution >= 0.6 is 0 Å². The average molecular weight is 274 g/mol. The van der Waals surface area contributed by atoms with Gasteiger partial charge < -0.3 is 10.6 Å². The van der Waals surface area contributed by atoms with Crippen LogP contribution in [0.25, 0.3) is 0 Å². The third-order valence-electron chi connectivity index (χ3n) is 4.91. The minimum Gasteiger partial charge on any atom is -0.330 e. The van der Waals surface area contributed by atoms with Crippen LogP contribution in [0.5, 0.6) is 0 Å². The summed E-state index contributed by atoms with van der Waals surface area (Å²) in [6.45, 7) is 4.42. The quantitative estimate of drug-likeness (QED) is 0.862. The Morgan fingerprint density at radius 1 is 1.20 bits per heavy atom. The standard InChI is InChI=1S/C18H30N2/c1-15-10-11-17(14-19)18(13-15)20(2)12-6-9-16-7-4-3-5-8-16/h3-5,7-8,15,17-18H,6,9-14,19H2,1-2H3. The van der Waals surface area contributed by atoms with E-state index in [4.69, 9.17) is 5.73 Å². The molecule has 0 bridgehead atoms. The second-order valence-electron chi connectivity index (χ2n) is 6.55. The van der Waals surface area contributed by atoms with E-state index in [0.717, 1.165) is 12.5 Å². The first-order valence-corrected chi connectivity index (χ1v) is 8.15. The number of nitrogens with zero attached hydrogens (tertiary/aromatic N) is 1. The molecular formula is C18H30N2. The summed E-state index contributed by atoms with van der Waals surface area (Å²) in [6.07, 6.45) is 6.41. The van der Waals surface area contributed by atoms with Crippen molar-refractivity contribution in [3.8, 4) is 0 Å². The predicted octanol–water partition coefficient (Wildman–Crippen LogP) is 3.31. The Morgan fingerprint density at radius 3 is 2.65 bits per heavy atom. The van der Waals surface area contributed by atoms with E-state index in [1.807, 2.05) is 0 Å². The third-order valence-corrected chi connectivity index (χ3v) is 4.91. The molecule has 0 radical (unpaired) electrons. The van der Waals surface area contributed by atoms with Gasteiger partial charge in [-0.25, -0.2) is 0 Å². The molecule has 0 amide bonds. The highest BCUT2D eigenvalue weighted by Crippen LogP contribution is 2.31. The van der Waals surface area contributed by atoms with Crippen LogP contribution in [-0.2, 0) is 6.42 Å². The van der Waals surface area contributed by atoms with E-state index < -0.39 is 0 Å². The van der Waals surface area contributed by atoms with Crippen LogP contribution < -0.4 is 5.73 Å². The van der Waals surface area contributed by atoms with Crippen molar-refractivity contribution in [3.05, 3.63) is 35.9 Å². The lowest BCUT2D eigenvalue weighted by Crippen LogP contribution is -2.45. The zero-order valence-electron chi connectivity index (χ0n) is 13.1. The lowest BCUT2D eigenvalue weighted by Gasteiger charge is -2.40. The minimum atomic E-state index is 0.694. The summed E-state index contributed by atoms with van der Waals surface area (Å²) >= 11 is 0. The van der Waals surface area contributed by atoms with Gasteiger partial charge in [-0.3, -0.25) is 0 Å². The van der Waals surface area contributed by atoms with Crippen LogP contribution in [-0.4, -0.2) is 31.1 Å². The van der Waals surface area contributed by atoms with E-state index >= 15 is 0 Å². The Kier molecular flexibility index (Phi) is 6.06. The molecule has 2 rings (SSSR count). The van der Waals surface area contributed by atoms with E-state index in [1.165, 1.54) is 44.2 Å². The zero-order valence-corrected chi connectivity index (χ0v) is 13.1. The van der Waals surface area contributed by atoms with Gasteiger partial charge in [0.15, 0.2) is 0 Å². The van der Waals surface area contributed by atoms with Crippen molar-refractivity contribution in [2.24, 2.45) is 17.6 Å². The second-order valence-corrected chi connectivity index (χ2v) is 6.55. The van der Waals surface area contributed by atoms with Crippen molar-refractivity contribution in [3.63, 3.8) is 0 Å². The topological polar surface area (TPSA) is 29.3 Å². The Labute approximate surface area is 124 Å². The van der Waals surface area contributed by atoms with Gasteiger partial charge in [0.2, 0.25) is 0 Å². The molecule has 2 N–H and O–H groups in total. The molecule has 20 heavy (non-hydrogen) atoms. The number of benzene rings is 1. The number of aryl methyl sites for hydroxylation is 1. The molecule has 1 aliphatic rings. The van der Waals surface area contributed by atoms with Gasteiger partial charge >= 0.3 is 0 Å². The second kappa shape index (κ2) is 7.80. The third kappa shape index (κ3) is 4.32. The van der Waals surface area contributed by atoms with Crippen LogP contribution in [0.4, 0.5) is 0 Å². The number of nitrogens with two attached hydrogens (primary N) is 1. The van der Waals surface area contributed by atoms with Gasteiger partial charge in [0, 0.05) is 6.04 Å². The van der Waals surface area contributed by atoms with Gasteiger partial charge in [0.05, 0.1) is 0 Å². The normalized spacial score (nSPS) is 26.9. The Morgan fingerprint density at radius 2 is 1.95 bits per heavy atom. The number of rotatable bonds is 6. The summed E-state index contributed by atoms with van der Waals surface area (Å²) < 4.78 is 0. The van der Waals surface area contributed by atoms with Crippen molar-refractivity contribution >= 4 is 0 Å². The largest absolute Gasteiger partial charge is 0.330 e. The summed E-state index contributed by atoms with van der Waals surface area (Å²) in [7, 11) is 2.29.